The van der Waals surface area contributed by atoms with Crippen molar-refractivity contribution in [1.82, 2.24) is 5.06 Å². The van der Waals surface area contributed by atoms with Crippen LogP contribution in [0.1, 0.15) is 23.2 Å². The van der Waals surface area contributed by atoms with E-state index in [0.29, 0.717) is 18.7 Å². The van der Waals surface area contributed by atoms with Crippen LogP contribution in [0.5, 0.6) is 0 Å². The molecule has 98 valence electrons. The van der Waals surface area contributed by atoms with E-state index in [4.69, 9.17) is 4.84 Å². The molecule has 1 heterocycles. The molecule has 0 spiro atoms. The van der Waals surface area contributed by atoms with Crippen LogP contribution in [0, 0.1) is 0 Å². The summed E-state index contributed by atoms with van der Waals surface area (Å²) < 4.78 is 13.3. The van der Waals surface area contributed by atoms with Gasteiger partial charge in [0.2, 0.25) is 0 Å². The van der Waals surface area contributed by atoms with Crippen LogP contribution < -0.4 is 0 Å². The van der Waals surface area contributed by atoms with Gasteiger partial charge in [-0.05, 0) is 25.0 Å². The summed E-state index contributed by atoms with van der Waals surface area (Å²) in [6.07, 6.45) is -1.78. The van der Waals surface area contributed by atoms with E-state index in [-0.39, 0.29) is 12.8 Å². The van der Waals surface area contributed by atoms with Crippen molar-refractivity contribution >= 4 is 5.97 Å². The molecule has 1 N–H and O–H groups in total. The first-order chi connectivity index (χ1) is 8.66. The molecule has 2 unspecified atom stereocenters. The van der Waals surface area contributed by atoms with Crippen molar-refractivity contribution in [2.75, 3.05) is 13.1 Å². The minimum absolute atomic E-state index is 0.170. The highest BCUT2D eigenvalue weighted by atomic mass is 19.1. The van der Waals surface area contributed by atoms with Crippen molar-refractivity contribution in [3.05, 3.63) is 35.9 Å². The van der Waals surface area contributed by atoms with Crippen molar-refractivity contribution in [3.8, 4) is 0 Å². The fourth-order valence-corrected chi connectivity index (χ4v) is 1.86. The molecule has 0 radical (unpaired) electrons. The van der Waals surface area contributed by atoms with E-state index in [2.05, 4.69) is 0 Å². The zero-order valence-electron chi connectivity index (χ0n) is 9.96. The monoisotopic (exact) mass is 253 g/mol. The van der Waals surface area contributed by atoms with Gasteiger partial charge in [0.15, 0.2) is 0 Å². The van der Waals surface area contributed by atoms with Crippen LogP contribution in [-0.2, 0) is 4.84 Å². The van der Waals surface area contributed by atoms with Gasteiger partial charge in [0.25, 0.3) is 0 Å². The van der Waals surface area contributed by atoms with Crippen LogP contribution in [-0.4, -0.2) is 41.5 Å². The van der Waals surface area contributed by atoms with Gasteiger partial charge in [-0.3, -0.25) is 0 Å². The molecule has 0 saturated carbocycles. The number of aliphatic hydroxyl groups excluding tert-OH is 1. The lowest BCUT2D eigenvalue weighted by Gasteiger charge is -2.18. The molecule has 1 aromatic carbocycles. The van der Waals surface area contributed by atoms with Gasteiger partial charge in [-0.15, -0.1) is 5.06 Å². The minimum Gasteiger partial charge on any atom is -0.390 e. The molecule has 2 atom stereocenters. The summed E-state index contributed by atoms with van der Waals surface area (Å²) in [6, 6.07) is 8.63. The van der Waals surface area contributed by atoms with Crippen LogP contribution in [0.25, 0.3) is 0 Å². The smallest absolute Gasteiger partial charge is 0.357 e. The summed E-state index contributed by atoms with van der Waals surface area (Å²) in [7, 11) is 0. The van der Waals surface area contributed by atoms with Gasteiger partial charge in [0, 0.05) is 13.1 Å². The molecule has 1 aliphatic heterocycles. The van der Waals surface area contributed by atoms with E-state index in [1.807, 2.05) is 6.07 Å². The molecular formula is C13H16FNO3. The molecule has 18 heavy (non-hydrogen) atoms. The summed E-state index contributed by atoms with van der Waals surface area (Å²) >= 11 is 0. The predicted molar refractivity (Wildman–Crippen MR) is 63.6 cm³/mol. The average Bonchev–Trinajstić information content (AvgIpc) is 2.55. The fourth-order valence-electron chi connectivity index (χ4n) is 1.86. The number of benzene rings is 1. The number of hydrogen-bond acceptors (Lipinski definition) is 4. The highest BCUT2D eigenvalue weighted by molar-refractivity contribution is 5.89. The molecule has 5 heteroatoms. The number of hydroxylamine groups is 2. The minimum atomic E-state index is -1.24. The first-order valence-corrected chi connectivity index (χ1v) is 6.01. The second kappa shape index (κ2) is 5.93. The van der Waals surface area contributed by atoms with Gasteiger partial charge in [-0.1, -0.05) is 18.2 Å². The standard InChI is InChI=1S/C13H16FNO3/c14-11-6-8-15(9-7-12(11)16)18-13(17)10-4-2-1-3-5-10/h1-5,11-12,16H,6-9H2. The summed E-state index contributed by atoms with van der Waals surface area (Å²) in [5.74, 6) is -0.456. The Bertz CT molecular complexity index is 386. The Hall–Kier alpha value is -1.46. The van der Waals surface area contributed by atoms with E-state index in [0.717, 1.165) is 0 Å². The Morgan fingerprint density at radius 2 is 1.94 bits per heavy atom. The van der Waals surface area contributed by atoms with Crippen molar-refractivity contribution in [2.24, 2.45) is 0 Å². The molecule has 2 rings (SSSR count). The third-order valence-corrected chi connectivity index (χ3v) is 2.97. The van der Waals surface area contributed by atoms with Crippen molar-refractivity contribution in [1.29, 1.82) is 0 Å². The summed E-state index contributed by atoms with van der Waals surface area (Å²) in [5.41, 5.74) is 0.457. The topological polar surface area (TPSA) is 49.8 Å². The van der Waals surface area contributed by atoms with Crippen LogP contribution >= 0.6 is 0 Å². The predicted octanol–water partition coefficient (Wildman–Crippen LogP) is 1.55. The van der Waals surface area contributed by atoms with E-state index >= 15 is 0 Å². The van der Waals surface area contributed by atoms with Gasteiger partial charge < -0.3 is 9.94 Å². The molecule has 0 amide bonds. The first-order valence-electron chi connectivity index (χ1n) is 6.01. The number of alkyl halides is 1. The van der Waals surface area contributed by atoms with Gasteiger partial charge in [-0.25, -0.2) is 9.18 Å². The Morgan fingerprint density at radius 3 is 2.67 bits per heavy atom. The van der Waals surface area contributed by atoms with Crippen LogP contribution in [0.4, 0.5) is 4.39 Å². The summed E-state index contributed by atoms with van der Waals surface area (Å²) in [4.78, 5) is 16.9. The Balaban J connectivity index is 1.92. The lowest BCUT2D eigenvalue weighted by Crippen LogP contribution is -2.28. The third-order valence-electron chi connectivity index (χ3n) is 2.97. The fraction of sp³-hybridized carbons (Fsp3) is 0.462. The number of rotatable bonds is 2. The SMILES string of the molecule is O=C(ON1CCC(O)C(F)CC1)c1ccccc1. The number of halogens is 1. The van der Waals surface area contributed by atoms with Crippen molar-refractivity contribution < 1.29 is 19.1 Å². The van der Waals surface area contributed by atoms with Gasteiger partial charge >= 0.3 is 5.97 Å². The summed E-state index contributed by atoms with van der Waals surface area (Å²) in [6.45, 7) is 0.650. The van der Waals surface area contributed by atoms with E-state index in [1.165, 1.54) is 5.06 Å². The Kier molecular flexibility index (Phi) is 4.28. The number of hydrogen-bond donors (Lipinski definition) is 1. The maximum Gasteiger partial charge on any atom is 0.357 e. The molecule has 4 nitrogen and oxygen atoms in total. The second-order valence-corrected chi connectivity index (χ2v) is 4.33. The Morgan fingerprint density at radius 1 is 1.28 bits per heavy atom. The maximum atomic E-state index is 13.3. The number of carbonyl (C=O) groups excluding carboxylic acids is 1. The maximum absolute atomic E-state index is 13.3. The third kappa shape index (κ3) is 3.27. The zero-order valence-corrected chi connectivity index (χ0v) is 9.96. The van der Waals surface area contributed by atoms with Crippen LogP contribution in [0.2, 0.25) is 0 Å². The van der Waals surface area contributed by atoms with Crippen LogP contribution in [0.15, 0.2) is 30.3 Å². The lowest BCUT2D eigenvalue weighted by atomic mass is 10.1. The normalized spacial score (nSPS) is 25.4. The quantitative estimate of drug-likeness (QED) is 0.869. The average molecular weight is 253 g/mol. The molecule has 1 aliphatic rings. The molecular weight excluding hydrogens is 237 g/mol. The van der Waals surface area contributed by atoms with E-state index in [9.17, 15) is 14.3 Å². The molecule has 1 saturated heterocycles. The van der Waals surface area contributed by atoms with E-state index in [1.54, 1.807) is 24.3 Å². The molecule has 0 aromatic heterocycles. The van der Waals surface area contributed by atoms with Gasteiger partial charge in [-0.2, -0.15) is 0 Å². The first kappa shape index (κ1) is 13.0. The largest absolute Gasteiger partial charge is 0.390 e. The van der Waals surface area contributed by atoms with Crippen molar-refractivity contribution in [2.45, 2.75) is 25.1 Å². The number of nitrogens with zero attached hydrogens (tertiary/aromatic N) is 1. The highest BCUT2D eigenvalue weighted by Crippen LogP contribution is 2.15. The zero-order chi connectivity index (χ0) is 13.0. The van der Waals surface area contributed by atoms with Gasteiger partial charge in [0.05, 0.1) is 11.7 Å². The van der Waals surface area contributed by atoms with E-state index < -0.39 is 18.2 Å². The lowest BCUT2D eigenvalue weighted by molar-refractivity contribution is -0.109. The number of aliphatic hydroxyl groups is 1. The molecule has 0 bridgehead atoms. The molecule has 1 aromatic rings. The Labute approximate surface area is 105 Å². The molecule has 0 aliphatic carbocycles. The summed E-state index contributed by atoms with van der Waals surface area (Å²) in [5, 5.41) is 10.8. The second-order valence-electron chi connectivity index (χ2n) is 4.33. The van der Waals surface area contributed by atoms with Crippen LogP contribution in [0.3, 0.4) is 0 Å². The van der Waals surface area contributed by atoms with Gasteiger partial charge in [0.1, 0.15) is 6.17 Å². The number of carbonyl (C=O) groups is 1. The van der Waals surface area contributed by atoms with Crippen molar-refractivity contribution in [3.63, 3.8) is 0 Å². The molecule has 1 fully saturated rings. The highest BCUT2D eigenvalue weighted by Gasteiger charge is 2.26.